The third-order valence-corrected chi connectivity index (χ3v) is 7.61. The number of nitrogens with one attached hydrogen (secondary N) is 1. The van der Waals surface area contributed by atoms with Gasteiger partial charge in [-0.05, 0) is 62.0 Å². The van der Waals surface area contributed by atoms with E-state index in [1.54, 1.807) is 12.1 Å². The Balaban J connectivity index is 1.59. The number of rotatable bonds is 2. The van der Waals surface area contributed by atoms with Gasteiger partial charge in [0.25, 0.3) is 11.8 Å². The molecule has 0 saturated heterocycles. The van der Waals surface area contributed by atoms with Gasteiger partial charge in [0.1, 0.15) is 6.54 Å². The number of nitrogens with zero attached hydrogens (tertiary/aromatic N) is 1. The number of aromatic amines is 1. The third kappa shape index (κ3) is 2.19. The highest BCUT2D eigenvalue weighted by atomic mass is 16.4. The van der Waals surface area contributed by atoms with Gasteiger partial charge in [-0.2, -0.15) is 0 Å². The number of benzene rings is 6. The zero-order valence-electron chi connectivity index (χ0n) is 18.8. The first-order valence-corrected chi connectivity index (χ1v) is 11.7. The second-order valence-electron chi connectivity index (χ2n) is 9.41. The largest absolute Gasteiger partial charge is 0.480 e. The fourth-order valence-corrected chi connectivity index (χ4v) is 6.23. The maximum Gasteiger partial charge on any atom is 0.323 e. The molecular weight excluding hydrogens is 452 g/mol. The average molecular weight is 468 g/mol. The lowest BCUT2D eigenvalue weighted by Gasteiger charge is -2.27. The van der Waals surface area contributed by atoms with E-state index < -0.39 is 24.3 Å². The number of carboxylic acid groups (broad SMARTS) is 1. The van der Waals surface area contributed by atoms with E-state index in [9.17, 15) is 19.5 Å². The highest BCUT2D eigenvalue weighted by Crippen LogP contribution is 2.46. The van der Waals surface area contributed by atoms with Crippen molar-refractivity contribution in [3.8, 4) is 0 Å². The van der Waals surface area contributed by atoms with Crippen molar-refractivity contribution < 1.29 is 19.5 Å². The van der Waals surface area contributed by atoms with Gasteiger partial charge < -0.3 is 10.1 Å². The number of para-hydroxylation sites is 1. The van der Waals surface area contributed by atoms with Crippen LogP contribution in [0, 0.1) is 0 Å². The molecule has 0 spiro atoms. The van der Waals surface area contributed by atoms with Gasteiger partial charge in [-0.25, -0.2) is 0 Å². The van der Waals surface area contributed by atoms with Gasteiger partial charge >= 0.3 is 5.97 Å². The molecule has 0 atom stereocenters. The summed E-state index contributed by atoms with van der Waals surface area (Å²) < 4.78 is 0. The SMILES string of the molecule is O=C(O)CN1C(=O)c2ccc3c4cccc5c6c(cc(c7ccc(c2c37)C1=O)c45)[nH]c1ccccc16. The Morgan fingerprint density at radius 2 is 1.28 bits per heavy atom. The van der Waals surface area contributed by atoms with E-state index >= 15 is 0 Å². The van der Waals surface area contributed by atoms with Crippen LogP contribution in [0.3, 0.4) is 0 Å². The number of hydrogen-bond acceptors (Lipinski definition) is 3. The normalized spacial score (nSPS) is 13.9. The molecule has 0 bridgehead atoms. The average Bonchev–Trinajstić information content (AvgIpc) is 3.26. The van der Waals surface area contributed by atoms with Crippen LogP contribution in [0.25, 0.3) is 64.9 Å². The van der Waals surface area contributed by atoms with Crippen molar-refractivity contribution in [2.45, 2.75) is 0 Å². The molecule has 2 amide bonds. The third-order valence-electron chi connectivity index (χ3n) is 7.61. The molecule has 7 aromatic rings. The number of aromatic nitrogens is 1. The molecule has 0 unspecified atom stereocenters. The molecule has 1 aromatic heterocycles. The van der Waals surface area contributed by atoms with Crippen LogP contribution in [0.4, 0.5) is 0 Å². The summed E-state index contributed by atoms with van der Waals surface area (Å²) in [6.07, 6.45) is 0. The first kappa shape index (κ1) is 19.3. The predicted octanol–water partition coefficient (Wildman–Crippen LogP) is 6.05. The van der Waals surface area contributed by atoms with E-state index in [0.29, 0.717) is 16.5 Å². The Bertz CT molecular complexity index is 2130. The molecule has 170 valence electrons. The van der Waals surface area contributed by atoms with E-state index in [2.05, 4.69) is 35.3 Å². The van der Waals surface area contributed by atoms with Crippen molar-refractivity contribution in [1.29, 1.82) is 0 Å². The van der Waals surface area contributed by atoms with Crippen molar-refractivity contribution >= 4 is 82.7 Å². The Kier molecular flexibility index (Phi) is 3.42. The molecule has 8 rings (SSSR count). The fraction of sp³-hybridized carbons (Fsp3) is 0.0333. The van der Waals surface area contributed by atoms with Crippen LogP contribution in [0.5, 0.6) is 0 Å². The standard InChI is InChI=1S/C30H16N2O4/c33-24(34)13-32-29(35)19-10-8-15-14-5-3-6-18-25(14)21(16-9-11-20(30(32)36)28(19)27(15)16)12-23-26(18)17-4-1-2-7-22(17)31-23/h1-12,31H,13H2,(H,33,34). The fourth-order valence-electron chi connectivity index (χ4n) is 6.23. The minimum Gasteiger partial charge on any atom is -0.480 e. The second kappa shape index (κ2) is 6.37. The van der Waals surface area contributed by atoms with Crippen molar-refractivity contribution in [3.63, 3.8) is 0 Å². The highest BCUT2D eigenvalue weighted by molar-refractivity contribution is 6.41. The summed E-state index contributed by atoms with van der Waals surface area (Å²) in [5.41, 5.74) is 2.81. The summed E-state index contributed by atoms with van der Waals surface area (Å²) in [6, 6.07) is 24.0. The Morgan fingerprint density at radius 3 is 2.03 bits per heavy atom. The molecular formula is C30H16N2O4. The molecule has 1 aliphatic rings. The minimum absolute atomic E-state index is 0.355. The molecule has 6 nitrogen and oxygen atoms in total. The second-order valence-corrected chi connectivity index (χ2v) is 9.41. The quantitative estimate of drug-likeness (QED) is 0.184. The monoisotopic (exact) mass is 468 g/mol. The van der Waals surface area contributed by atoms with E-state index in [1.165, 1.54) is 10.8 Å². The van der Waals surface area contributed by atoms with Crippen molar-refractivity contribution in [1.82, 2.24) is 9.88 Å². The van der Waals surface area contributed by atoms with Crippen LogP contribution < -0.4 is 0 Å². The summed E-state index contributed by atoms with van der Waals surface area (Å²) in [5, 5.41) is 19.4. The van der Waals surface area contributed by atoms with Gasteiger partial charge in [-0.15, -0.1) is 0 Å². The number of carbonyl (C=O) groups excluding carboxylic acids is 2. The highest BCUT2D eigenvalue weighted by Gasteiger charge is 2.35. The lowest BCUT2D eigenvalue weighted by molar-refractivity contribution is -0.137. The maximum absolute atomic E-state index is 13.2. The van der Waals surface area contributed by atoms with Crippen molar-refractivity contribution in [2.24, 2.45) is 0 Å². The van der Waals surface area contributed by atoms with Crippen LogP contribution in [-0.2, 0) is 4.79 Å². The molecule has 2 N–H and O–H groups in total. The van der Waals surface area contributed by atoms with Crippen LogP contribution in [0.2, 0.25) is 0 Å². The minimum atomic E-state index is -1.23. The number of carboxylic acids is 1. The van der Waals surface area contributed by atoms with E-state index in [0.717, 1.165) is 53.6 Å². The Morgan fingerprint density at radius 1 is 0.639 bits per heavy atom. The molecule has 0 fully saturated rings. The van der Waals surface area contributed by atoms with Gasteiger partial charge in [-0.3, -0.25) is 19.3 Å². The van der Waals surface area contributed by atoms with Gasteiger partial charge in [0.2, 0.25) is 0 Å². The predicted molar refractivity (Wildman–Crippen MR) is 140 cm³/mol. The molecule has 0 saturated carbocycles. The van der Waals surface area contributed by atoms with Crippen LogP contribution in [0.15, 0.2) is 72.8 Å². The smallest absolute Gasteiger partial charge is 0.323 e. The van der Waals surface area contributed by atoms with Crippen LogP contribution in [-0.4, -0.2) is 39.3 Å². The number of imide groups is 1. The van der Waals surface area contributed by atoms with E-state index in [-0.39, 0.29) is 0 Å². The van der Waals surface area contributed by atoms with Gasteiger partial charge in [-0.1, -0.05) is 48.5 Å². The molecule has 6 heteroatoms. The summed E-state index contributed by atoms with van der Waals surface area (Å²) in [5.74, 6) is -2.38. The first-order valence-electron chi connectivity index (χ1n) is 11.7. The zero-order chi connectivity index (χ0) is 24.3. The number of amides is 2. The van der Waals surface area contributed by atoms with E-state index in [1.807, 2.05) is 30.3 Å². The molecule has 0 radical (unpaired) electrons. The number of H-pyrrole nitrogens is 1. The zero-order valence-corrected chi connectivity index (χ0v) is 18.8. The van der Waals surface area contributed by atoms with Gasteiger partial charge in [0, 0.05) is 38.3 Å². The lowest BCUT2D eigenvalue weighted by Crippen LogP contribution is -2.43. The summed E-state index contributed by atoms with van der Waals surface area (Å²) in [7, 11) is 0. The number of carbonyl (C=O) groups is 3. The number of fused-ring (bicyclic) bond motifs is 6. The Hall–Kier alpha value is -4.97. The molecule has 36 heavy (non-hydrogen) atoms. The van der Waals surface area contributed by atoms with Crippen LogP contribution >= 0.6 is 0 Å². The first-order chi connectivity index (χ1) is 17.5. The topological polar surface area (TPSA) is 90.5 Å². The summed E-state index contributed by atoms with van der Waals surface area (Å²) in [4.78, 5) is 42.2. The van der Waals surface area contributed by atoms with E-state index in [4.69, 9.17) is 0 Å². The van der Waals surface area contributed by atoms with Gasteiger partial charge in [0.15, 0.2) is 0 Å². The molecule has 0 aliphatic carbocycles. The number of hydrogen-bond donors (Lipinski definition) is 2. The molecule has 6 aromatic carbocycles. The van der Waals surface area contributed by atoms with Crippen LogP contribution in [0.1, 0.15) is 20.7 Å². The molecule has 1 aliphatic heterocycles. The van der Waals surface area contributed by atoms with Crippen molar-refractivity contribution in [2.75, 3.05) is 6.54 Å². The maximum atomic E-state index is 13.2. The summed E-state index contributed by atoms with van der Waals surface area (Å²) >= 11 is 0. The van der Waals surface area contributed by atoms with Gasteiger partial charge in [0.05, 0.1) is 0 Å². The molecule has 2 heterocycles. The number of aliphatic carboxylic acids is 1. The Labute approximate surface area is 202 Å². The lowest BCUT2D eigenvalue weighted by atomic mass is 9.84. The summed E-state index contributed by atoms with van der Waals surface area (Å²) in [6.45, 7) is -0.664. The van der Waals surface area contributed by atoms with Crippen molar-refractivity contribution in [3.05, 3.63) is 83.9 Å².